The number of amides is 1. The number of nitrogens with zero attached hydrogens (tertiary/aromatic N) is 7. The molecule has 2 N–H and O–H groups in total. The molecule has 9 heteroatoms. The lowest BCUT2D eigenvalue weighted by Crippen LogP contribution is -2.42. The molecular weight excluding hydrogens is 416 g/mol. The molecule has 4 aromatic rings. The average molecular weight is 443 g/mol. The fourth-order valence-corrected chi connectivity index (χ4v) is 4.35. The second kappa shape index (κ2) is 8.59. The van der Waals surface area contributed by atoms with Crippen molar-refractivity contribution in [3.05, 3.63) is 60.9 Å². The smallest absolute Gasteiger partial charge is 0.250 e. The zero-order valence-electron chi connectivity index (χ0n) is 18.7. The van der Waals surface area contributed by atoms with Crippen LogP contribution in [0.5, 0.6) is 0 Å². The highest BCUT2D eigenvalue weighted by molar-refractivity contribution is 5.94. The topological polar surface area (TPSA) is 106 Å². The first-order valence-electron chi connectivity index (χ1n) is 11.0. The number of hydrogen-bond donors (Lipinski definition) is 1. The summed E-state index contributed by atoms with van der Waals surface area (Å²) < 4.78 is 1.76. The van der Waals surface area contributed by atoms with E-state index in [0.717, 1.165) is 59.5 Å². The highest BCUT2D eigenvalue weighted by Gasteiger charge is 2.26. The Morgan fingerprint density at radius 1 is 1.00 bits per heavy atom. The molecule has 5 heterocycles. The molecule has 0 aliphatic carbocycles. The average Bonchev–Trinajstić information content (AvgIpc) is 3.26. The molecule has 1 aliphatic heterocycles. The zero-order valence-corrected chi connectivity index (χ0v) is 18.7. The fraction of sp³-hybridized carbons (Fsp3) is 0.292. The number of primary amides is 1. The van der Waals surface area contributed by atoms with Crippen molar-refractivity contribution in [3.63, 3.8) is 0 Å². The summed E-state index contributed by atoms with van der Waals surface area (Å²) in [7, 11) is 4.03. The van der Waals surface area contributed by atoms with Gasteiger partial charge in [0.2, 0.25) is 5.91 Å². The second-order valence-corrected chi connectivity index (χ2v) is 8.56. The van der Waals surface area contributed by atoms with E-state index in [2.05, 4.69) is 44.0 Å². The number of likely N-dealkylation sites (tertiary alicyclic amines) is 1. The van der Waals surface area contributed by atoms with Gasteiger partial charge in [0.05, 0.1) is 29.3 Å². The number of aromatic nitrogens is 5. The normalized spacial score (nSPS) is 15.1. The third-order valence-electron chi connectivity index (χ3n) is 6.18. The van der Waals surface area contributed by atoms with E-state index in [1.807, 2.05) is 31.8 Å². The first kappa shape index (κ1) is 21.0. The van der Waals surface area contributed by atoms with Gasteiger partial charge in [-0.15, -0.1) is 0 Å². The number of nitrogens with two attached hydrogens (primary N) is 1. The van der Waals surface area contributed by atoms with Gasteiger partial charge in [-0.05, 0) is 56.6 Å². The van der Waals surface area contributed by atoms with Crippen LogP contribution in [0.1, 0.15) is 23.2 Å². The Labute approximate surface area is 191 Å². The molecule has 0 saturated carbocycles. The van der Waals surface area contributed by atoms with Gasteiger partial charge < -0.3 is 15.5 Å². The molecule has 0 unspecified atom stereocenters. The molecule has 0 bridgehead atoms. The van der Waals surface area contributed by atoms with Gasteiger partial charge in [-0.1, -0.05) is 0 Å². The first-order chi connectivity index (χ1) is 16.0. The summed E-state index contributed by atoms with van der Waals surface area (Å²) in [6.07, 6.45) is 12.7. The molecule has 9 nitrogen and oxygen atoms in total. The molecule has 33 heavy (non-hydrogen) atoms. The Kier molecular flexibility index (Phi) is 5.47. The van der Waals surface area contributed by atoms with Gasteiger partial charge in [0.1, 0.15) is 5.82 Å². The molecule has 1 amide bonds. The maximum Gasteiger partial charge on any atom is 0.250 e. The van der Waals surface area contributed by atoms with Crippen molar-refractivity contribution in [3.8, 4) is 11.3 Å². The molecule has 1 fully saturated rings. The van der Waals surface area contributed by atoms with Crippen LogP contribution in [0.3, 0.4) is 0 Å². The van der Waals surface area contributed by atoms with Crippen molar-refractivity contribution in [2.45, 2.75) is 18.9 Å². The maximum absolute atomic E-state index is 11.8. The van der Waals surface area contributed by atoms with E-state index < -0.39 is 5.91 Å². The second-order valence-electron chi connectivity index (χ2n) is 8.56. The lowest BCUT2D eigenvalue weighted by Gasteiger charge is -2.38. The van der Waals surface area contributed by atoms with Gasteiger partial charge in [0, 0.05) is 48.8 Å². The van der Waals surface area contributed by atoms with Crippen LogP contribution in [-0.4, -0.2) is 61.7 Å². The lowest BCUT2D eigenvalue weighted by molar-refractivity contribution is 0.1000. The summed E-state index contributed by atoms with van der Waals surface area (Å²) in [5.41, 5.74) is 8.55. The first-order valence-corrected chi connectivity index (χ1v) is 11.0. The summed E-state index contributed by atoms with van der Waals surface area (Å²) in [5.74, 6) is 0.315. The number of piperidine rings is 1. The van der Waals surface area contributed by atoms with Gasteiger partial charge in [-0.2, -0.15) is 5.10 Å². The van der Waals surface area contributed by atoms with Gasteiger partial charge in [-0.25, -0.2) is 4.98 Å². The number of hydrogen-bond acceptors (Lipinski definition) is 7. The van der Waals surface area contributed by atoms with E-state index in [0.29, 0.717) is 5.56 Å². The minimum absolute atomic E-state index is 0.232. The van der Waals surface area contributed by atoms with E-state index in [1.54, 1.807) is 16.9 Å². The lowest BCUT2D eigenvalue weighted by atomic mass is 10.0. The quantitative estimate of drug-likeness (QED) is 0.506. The van der Waals surface area contributed by atoms with Crippen molar-refractivity contribution in [2.75, 3.05) is 25.0 Å². The zero-order chi connectivity index (χ0) is 22.9. The van der Waals surface area contributed by atoms with Crippen LogP contribution in [0.2, 0.25) is 0 Å². The van der Waals surface area contributed by atoms with E-state index in [9.17, 15) is 4.79 Å². The van der Waals surface area contributed by atoms with Crippen LogP contribution in [0, 0.1) is 0 Å². The van der Waals surface area contributed by atoms with Crippen molar-refractivity contribution in [1.29, 1.82) is 0 Å². The molecule has 1 aliphatic rings. The fourth-order valence-electron chi connectivity index (χ4n) is 4.35. The van der Waals surface area contributed by atoms with Crippen molar-refractivity contribution < 1.29 is 4.79 Å². The van der Waals surface area contributed by atoms with Crippen LogP contribution in [0.15, 0.2) is 55.4 Å². The third-order valence-corrected chi connectivity index (χ3v) is 6.18. The molecule has 0 spiro atoms. The van der Waals surface area contributed by atoms with Gasteiger partial charge in [0.25, 0.3) is 0 Å². The van der Waals surface area contributed by atoms with Crippen LogP contribution in [0.25, 0.3) is 22.0 Å². The van der Waals surface area contributed by atoms with Gasteiger partial charge in [-0.3, -0.25) is 19.4 Å². The van der Waals surface area contributed by atoms with Crippen LogP contribution < -0.4 is 10.6 Å². The summed E-state index contributed by atoms with van der Waals surface area (Å²) in [4.78, 5) is 30.0. The summed E-state index contributed by atoms with van der Waals surface area (Å²) >= 11 is 0. The predicted molar refractivity (Wildman–Crippen MR) is 127 cm³/mol. The van der Waals surface area contributed by atoms with Crippen LogP contribution in [-0.2, 0) is 7.05 Å². The minimum Gasteiger partial charge on any atom is -0.366 e. The monoisotopic (exact) mass is 442 g/mol. The molecule has 0 radical (unpaired) electrons. The molecular formula is C24H26N8O. The number of carbonyl (C=O) groups is 1. The minimum atomic E-state index is -0.494. The van der Waals surface area contributed by atoms with E-state index in [-0.39, 0.29) is 6.04 Å². The Morgan fingerprint density at radius 2 is 1.79 bits per heavy atom. The molecule has 168 valence electrons. The number of anilines is 2. The van der Waals surface area contributed by atoms with E-state index in [4.69, 9.17) is 10.7 Å². The Hall–Kier alpha value is -3.85. The summed E-state index contributed by atoms with van der Waals surface area (Å²) in [6.45, 7) is 1.99. The van der Waals surface area contributed by atoms with Gasteiger partial charge >= 0.3 is 0 Å². The standard InChI is InChI=1S/C24H26N8O/c1-30-5-3-20(4-6-30)32(21-7-17(24(25)33)10-26-14-21)23-9-16-8-22(19-13-29-31(2)15-19)27-11-18(16)12-28-23/h7-15,20H,3-6H2,1-2H3,(H2,25,33). The van der Waals surface area contributed by atoms with Crippen molar-refractivity contribution >= 4 is 28.2 Å². The van der Waals surface area contributed by atoms with E-state index in [1.165, 1.54) is 6.20 Å². The van der Waals surface area contributed by atoms with Crippen molar-refractivity contribution in [1.82, 2.24) is 29.6 Å². The Balaban J connectivity index is 1.59. The summed E-state index contributed by atoms with van der Waals surface area (Å²) in [5, 5.41) is 6.25. The van der Waals surface area contributed by atoms with E-state index >= 15 is 0 Å². The van der Waals surface area contributed by atoms with Crippen molar-refractivity contribution in [2.24, 2.45) is 12.8 Å². The summed E-state index contributed by atoms with van der Waals surface area (Å²) in [6, 6.07) is 6.16. The maximum atomic E-state index is 11.8. The Morgan fingerprint density at radius 3 is 2.52 bits per heavy atom. The van der Waals surface area contributed by atoms with Crippen LogP contribution >= 0.6 is 0 Å². The molecule has 1 saturated heterocycles. The number of pyridine rings is 3. The van der Waals surface area contributed by atoms with Gasteiger partial charge in [0.15, 0.2) is 0 Å². The number of carbonyl (C=O) groups excluding carboxylic acids is 1. The highest BCUT2D eigenvalue weighted by atomic mass is 16.1. The highest BCUT2D eigenvalue weighted by Crippen LogP contribution is 2.33. The molecule has 4 aromatic heterocycles. The third kappa shape index (κ3) is 4.27. The Bertz CT molecular complexity index is 1310. The molecule has 0 aromatic carbocycles. The van der Waals surface area contributed by atoms with Crippen LogP contribution in [0.4, 0.5) is 11.5 Å². The number of fused-ring (bicyclic) bond motifs is 1. The molecule has 5 rings (SSSR count). The predicted octanol–water partition coefficient (Wildman–Crippen LogP) is 2.76. The molecule has 0 atom stereocenters. The SMILES string of the molecule is CN1CCC(N(c2cncc(C(N)=O)c2)c2cc3cc(-c4cnn(C)c4)ncc3cn2)CC1. The number of rotatable bonds is 5. The number of aryl methyl sites for hydroxylation is 1. The largest absolute Gasteiger partial charge is 0.366 e.